The Labute approximate surface area is 118 Å². The van der Waals surface area contributed by atoms with E-state index in [0.29, 0.717) is 5.69 Å². The Morgan fingerprint density at radius 2 is 2.00 bits per heavy atom. The molecule has 0 unspecified atom stereocenters. The van der Waals surface area contributed by atoms with E-state index >= 15 is 0 Å². The smallest absolute Gasteiger partial charge is 0.398 e. The van der Waals surface area contributed by atoms with E-state index in [0.717, 1.165) is 12.1 Å². The second-order valence-electron chi connectivity index (χ2n) is 4.55. The summed E-state index contributed by atoms with van der Waals surface area (Å²) < 4.78 is 39.6. The van der Waals surface area contributed by atoms with Crippen LogP contribution in [0.3, 0.4) is 0 Å². The van der Waals surface area contributed by atoms with Crippen LogP contribution < -0.4 is 11.1 Å². The molecule has 0 fully saturated rings. The minimum atomic E-state index is -4.58. The monoisotopic (exact) mass is 298 g/mol. The number of hydrogen-bond donors (Lipinski definition) is 2. The summed E-state index contributed by atoms with van der Waals surface area (Å²) >= 11 is 0. The summed E-state index contributed by atoms with van der Waals surface area (Å²) in [5, 5.41) is 6.40. The number of carbonyl (C=O) groups excluding carboxylic acids is 1. The van der Waals surface area contributed by atoms with E-state index in [1.165, 1.54) is 16.8 Å². The van der Waals surface area contributed by atoms with Gasteiger partial charge < -0.3 is 11.1 Å². The first-order valence-electron chi connectivity index (χ1n) is 5.97. The molecule has 1 aromatic carbocycles. The number of aromatic nitrogens is 2. The van der Waals surface area contributed by atoms with Crippen LogP contribution in [0.1, 0.15) is 21.7 Å². The van der Waals surface area contributed by atoms with Crippen LogP contribution in [-0.4, -0.2) is 15.7 Å². The first-order valence-corrected chi connectivity index (χ1v) is 5.97. The van der Waals surface area contributed by atoms with Crippen LogP contribution >= 0.6 is 0 Å². The highest BCUT2D eigenvalue weighted by Gasteiger charge is 2.33. The molecule has 0 aliphatic carbocycles. The van der Waals surface area contributed by atoms with Crippen molar-refractivity contribution in [3.05, 3.63) is 41.2 Å². The summed E-state index contributed by atoms with van der Waals surface area (Å²) in [7, 11) is 1.58. The molecular weight excluding hydrogens is 285 g/mol. The van der Waals surface area contributed by atoms with Gasteiger partial charge in [-0.2, -0.15) is 18.3 Å². The summed E-state index contributed by atoms with van der Waals surface area (Å²) in [6, 6.07) is 4.76. The van der Waals surface area contributed by atoms with E-state index in [1.807, 2.05) is 0 Å². The number of hydrogen-bond acceptors (Lipinski definition) is 3. The zero-order chi connectivity index (χ0) is 15.8. The first kappa shape index (κ1) is 14.9. The van der Waals surface area contributed by atoms with Crippen LogP contribution in [0.25, 0.3) is 0 Å². The van der Waals surface area contributed by atoms with Gasteiger partial charge in [-0.05, 0) is 31.2 Å². The van der Waals surface area contributed by atoms with Crippen molar-refractivity contribution in [2.24, 2.45) is 7.05 Å². The van der Waals surface area contributed by atoms with Gasteiger partial charge in [0.15, 0.2) is 0 Å². The molecule has 8 heteroatoms. The van der Waals surface area contributed by atoms with E-state index in [1.54, 1.807) is 14.0 Å². The van der Waals surface area contributed by atoms with Gasteiger partial charge >= 0.3 is 6.18 Å². The van der Waals surface area contributed by atoms with Gasteiger partial charge in [0, 0.05) is 18.4 Å². The van der Waals surface area contributed by atoms with Gasteiger partial charge in [0.1, 0.15) is 5.69 Å². The van der Waals surface area contributed by atoms with Gasteiger partial charge in [-0.25, -0.2) is 0 Å². The van der Waals surface area contributed by atoms with Crippen LogP contribution in [0, 0.1) is 6.92 Å². The molecule has 21 heavy (non-hydrogen) atoms. The number of carbonyl (C=O) groups is 1. The summed E-state index contributed by atoms with van der Waals surface area (Å²) in [5.74, 6) is -0.545. The molecule has 5 nitrogen and oxygen atoms in total. The first-order chi connectivity index (χ1) is 9.68. The van der Waals surface area contributed by atoms with Crippen molar-refractivity contribution >= 4 is 17.3 Å². The van der Waals surface area contributed by atoms with E-state index in [4.69, 9.17) is 5.73 Å². The zero-order valence-electron chi connectivity index (χ0n) is 11.3. The number of halogens is 3. The maximum absolute atomic E-state index is 12.7. The Balaban J connectivity index is 2.28. The van der Waals surface area contributed by atoms with Crippen molar-refractivity contribution in [3.63, 3.8) is 0 Å². The predicted molar refractivity (Wildman–Crippen MR) is 71.8 cm³/mol. The van der Waals surface area contributed by atoms with Crippen LogP contribution in [0.15, 0.2) is 24.3 Å². The third-order valence-electron chi connectivity index (χ3n) is 2.85. The Morgan fingerprint density at radius 3 is 2.52 bits per heavy atom. The highest BCUT2D eigenvalue weighted by molar-refractivity contribution is 6.03. The SMILES string of the molecule is Cc1cc(C(=O)Nc2ccc(N)c(C(F)(F)F)c2)n(C)n1. The minimum Gasteiger partial charge on any atom is -0.398 e. The van der Waals surface area contributed by atoms with Gasteiger partial charge in [-0.15, -0.1) is 0 Å². The molecular formula is C13H13F3N4O. The van der Waals surface area contributed by atoms with Crippen LogP contribution in [0.4, 0.5) is 24.5 Å². The summed E-state index contributed by atoms with van der Waals surface area (Å²) in [5.41, 5.74) is 4.82. The van der Waals surface area contributed by atoms with Crippen molar-refractivity contribution in [2.75, 3.05) is 11.1 Å². The molecule has 3 N–H and O–H groups in total. The lowest BCUT2D eigenvalue weighted by atomic mass is 10.1. The average molecular weight is 298 g/mol. The third kappa shape index (κ3) is 3.15. The molecule has 0 bridgehead atoms. The fourth-order valence-corrected chi connectivity index (χ4v) is 1.90. The van der Waals surface area contributed by atoms with Crippen LogP contribution in [0.5, 0.6) is 0 Å². The zero-order valence-corrected chi connectivity index (χ0v) is 11.3. The molecule has 112 valence electrons. The number of aryl methyl sites for hydroxylation is 2. The molecule has 1 amide bonds. The van der Waals surface area contributed by atoms with Gasteiger partial charge in [-0.1, -0.05) is 0 Å². The van der Waals surface area contributed by atoms with Gasteiger partial charge in [-0.3, -0.25) is 9.48 Å². The molecule has 0 atom stereocenters. The van der Waals surface area contributed by atoms with E-state index in [-0.39, 0.29) is 11.4 Å². The molecule has 0 radical (unpaired) electrons. The number of benzene rings is 1. The van der Waals surface area contributed by atoms with Crippen LogP contribution in [-0.2, 0) is 13.2 Å². The Morgan fingerprint density at radius 1 is 1.33 bits per heavy atom. The molecule has 2 rings (SSSR count). The summed E-state index contributed by atoms with van der Waals surface area (Å²) in [6.45, 7) is 1.71. The van der Waals surface area contributed by atoms with Crippen molar-refractivity contribution in [1.82, 2.24) is 9.78 Å². The number of anilines is 2. The Bertz CT molecular complexity index is 691. The number of nitrogens with one attached hydrogen (secondary N) is 1. The van der Waals surface area contributed by atoms with Gasteiger partial charge in [0.25, 0.3) is 5.91 Å². The summed E-state index contributed by atoms with van der Waals surface area (Å²) in [4.78, 5) is 12.0. The maximum atomic E-state index is 12.7. The normalized spacial score (nSPS) is 11.5. The Kier molecular flexibility index (Phi) is 3.63. The largest absolute Gasteiger partial charge is 0.418 e. The average Bonchev–Trinajstić information content (AvgIpc) is 2.69. The highest BCUT2D eigenvalue weighted by atomic mass is 19.4. The summed E-state index contributed by atoms with van der Waals surface area (Å²) in [6.07, 6.45) is -4.58. The molecule has 0 aliphatic rings. The fraction of sp³-hybridized carbons (Fsp3) is 0.231. The van der Waals surface area contributed by atoms with Crippen molar-refractivity contribution in [3.8, 4) is 0 Å². The molecule has 0 saturated carbocycles. The number of nitrogens with two attached hydrogens (primary N) is 1. The van der Waals surface area contributed by atoms with E-state index < -0.39 is 23.3 Å². The Hall–Kier alpha value is -2.51. The molecule has 0 saturated heterocycles. The van der Waals surface area contributed by atoms with E-state index in [9.17, 15) is 18.0 Å². The number of alkyl halides is 3. The quantitative estimate of drug-likeness (QED) is 0.837. The maximum Gasteiger partial charge on any atom is 0.418 e. The van der Waals surface area contributed by atoms with Crippen LogP contribution in [0.2, 0.25) is 0 Å². The standard InChI is InChI=1S/C13H13F3N4O/c1-7-5-11(20(2)19-7)12(21)18-8-3-4-10(17)9(6-8)13(14,15)16/h3-6H,17H2,1-2H3,(H,18,21). The van der Waals surface area contributed by atoms with Gasteiger partial charge in [0.05, 0.1) is 11.3 Å². The lowest BCUT2D eigenvalue weighted by Crippen LogP contribution is -2.17. The number of amides is 1. The lowest BCUT2D eigenvalue weighted by Gasteiger charge is -2.12. The van der Waals surface area contributed by atoms with Crippen molar-refractivity contribution < 1.29 is 18.0 Å². The molecule has 0 aliphatic heterocycles. The van der Waals surface area contributed by atoms with E-state index in [2.05, 4.69) is 10.4 Å². The molecule has 1 heterocycles. The predicted octanol–water partition coefficient (Wildman–Crippen LogP) is 2.58. The molecule has 2 aromatic rings. The third-order valence-corrected chi connectivity index (χ3v) is 2.85. The number of nitrogen functional groups attached to an aromatic ring is 1. The minimum absolute atomic E-state index is 0.0142. The highest BCUT2D eigenvalue weighted by Crippen LogP contribution is 2.35. The van der Waals surface area contributed by atoms with Crippen molar-refractivity contribution in [2.45, 2.75) is 13.1 Å². The van der Waals surface area contributed by atoms with Crippen molar-refractivity contribution in [1.29, 1.82) is 0 Å². The molecule has 1 aromatic heterocycles. The molecule has 0 spiro atoms. The van der Waals surface area contributed by atoms with Gasteiger partial charge in [0.2, 0.25) is 0 Å². The second kappa shape index (κ2) is 5.12. The fourth-order valence-electron chi connectivity index (χ4n) is 1.90. The number of nitrogens with zero attached hydrogens (tertiary/aromatic N) is 2. The second-order valence-corrected chi connectivity index (χ2v) is 4.55. The number of rotatable bonds is 2. The topological polar surface area (TPSA) is 72.9 Å². The lowest BCUT2D eigenvalue weighted by molar-refractivity contribution is -0.136.